The summed E-state index contributed by atoms with van der Waals surface area (Å²) >= 11 is 1.67. The Bertz CT molecular complexity index is 912. The van der Waals surface area contributed by atoms with Gasteiger partial charge in [-0.1, -0.05) is 5.57 Å². The van der Waals surface area contributed by atoms with Gasteiger partial charge in [0.2, 0.25) is 0 Å². The smallest absolute Gasteiger partial charge is 0.407 e. The van der Waals surface area contributed by atoms with Crippen molar-refractivity contribution in [3.8, 4) is 0 Å². The molecule has 1 aliphatic heterocycles. The highest BCUT2D eigenvalue weighted by Gasteiger charge is 2.40. The fourth-order valence-electron chi connectivity index (χ4n) is 3.31. The van der Waals surface area contributed by atoms with E-state index in [1.807, 2.05) is 34.6 Å². The zero-order chi connectivity index (χ0) is 22.1. The first kappa shape index (κ1) is 22.9. The van der Waals surface area contributed by atoms with Gasteiger partial charge < -0.3 is 10.1 Å². The van der Waals surface area contributed by atoms with Gasteiger partial charge in [0, 0.05) is 22.8 Å². The third-order valence-corrected chi connectivity index (χ3v) is 5.46. The summed E-state index contributed by atoms with van der Waals surface area (Å²) in [5.74, 6) is -0.641. The number of nitrogens with one attached hydrogen (secondary N) is 1. The number of alkyl carbamates (subject to hydrolysis) is 1. The zero-order valence-electron chi connectivity index (χ0n) is 18.5. The first-order valence-electron chi connectivity index (χ1n) is 9.62. The first-order chi connectivity index (χ1) is 13.3. The molecule has 1 N–H and O–H groups in total. The van der Waals surface area contributed by atoms with E-state index in [4.69, 9.17) is 4.74 Å². The molecule has 2 rings (SSSR count). The van der Waals surface area contributed by atoms with Crippen LogP contribution in [0.4, 0.5) is 4.79 Å². The van der Waals surface area contributed by atoms with Crippen LogP contribution in [0.5, 0.6) is 0 Å². The Kier molecular flexibility index (Phi) is 6.73. The molecular weight excluding hydrogens is 388 g/mol. The van der Waals surface area contributed by atoms with Crippen molar-refractivity contribution in [2.75, 3.05) is 13.1 Å². The Morgan fingerprint density at radius 3 is 2.17 bits per heavy atom. The maximum atomic E-state index is 13.1. The van der Waals surface area contributed by atoms with Gasteiger partial charge in [-0.25, -0.2) is 4.79 Å². The number of nitrogens with zero attached hydrogens (tertiary/aromatic N) is 1. The van der Waals surface area contributed by atoms with Gasteiger partial charge in [-0.2, -0.15) is 0 Å². The summed E-state index contributed by atoms with van der Waals surface area (Å²) < 4.78 is 5.19. The van der Waals surface area contributed by atoms with Gasteiger partial charge in [0.1, 0.15) is 5.60 Å². The summed E-state index contributed by atoms with van der Waals surface area (Å²) in [4.78, 5) is 41.4. The number of amides is 3. The Balaban J connectivity index is 2.28. The number of hydrogen-bond donors (Lipinski definition) is 1. The van der Waals surface area contributed by atoms with Gasteiger partial charge >= 0.3 is 6.09 Å². The van der Waals surface area contributed by atoms with E-state index >= 15 is 0 Å². The minimum atomic E-state index is -0.609. The molecule has 0 atom stereocenters. The van der Waals surface area contributed by atoms with Crippen LogP contribution in [-0.2, 0) is 14.3 Å². The Hall–Kier alpha value is -2.41. The zero-order valence-corrected chi connectivity index (χ0v) is 19.3. The quantitative estimate of drug-likeness (QED) is 0.582. The second kappa shape index (κ2) is 8.53. The second-order valence-electron chi connectivity index (χ2n) is 8.39. The van der Waals surface area contributed by atoms with E-state index in [1.54, 1.807) is 32.1 Å². The van der Waals surface area contributed by atoms with Gasteiger partial charge in [0.05, 0.1) is 11.1 Å². The maximum absolute atomic E-state index is 13.1. The van der Waals surface area contributed by atoms with Gasteiger partial charge in [-0.05, 0) is 72.6 Å². The van der Waals surface area contributed by atoms with E-state index in [0.717, 1.165) is 26.5 Å². The van der Waals surface area contributed by atoms with Gasteiger partial charge in [-0.3, -0.25) is 14.5 Å². The summed E-state index contributed by atoms with van der Waals surface area (Å²) in [7, 11) is 0. The lowest BCUT2D eigenvalue weighted by Gasteiger charge is -2.20. The number of carbonyl (C=O) groups excluding carboxylic acids is 3. The predicted octanol–water partition coefficient (Wildman–Crippen LogP) is 4.37. The molecule has 0 bridgehead atoms. The largest absolute Gasteiger partial charge is 0.444 e. The van der Waals surface area contributed by atoms with Gasteiger partial charge in [0.15, 0.2) is 0 Å². The van der Waals surface area contributed by atoms with Crippen LogP contribution in [0, 0.1) is 13.8 Å². The summed E-state index contributed by atoms with van der Waals surface area (Å²) in [6, 6.07) is 2.05. The standard InChI is InChI=1S/C22H30N2O4S/c1-12(2)17-18(14(4)16-11-13(3)29-15(16)5)20(26)24(19(17)25)10-9-23-21(27)28-22(6,7)8/h11H,9-10H2,1-8H3,(H,23,27)/b18-14+. The van der Waals surface area contributed by atoms with Crippen molar-refractivity contribution in [2.45, 2.75) is 61.0 Å². The summed E-state index contributed by atoms with van der Waals surface area (Å²) in [6.07, 6.45) is -0.574. The van der Waals surface area contributed by atoms with Gasteiger partial charge in [-0.15, -0.1) is 11.3 Å². The van der Waals surface area contributed by atoms with E-state index < -0.39 is 11.7 Å². The van der Waals surface area contributed by atoms with Crippen LogP contribution in [0.3, 0.4) is 0 Å². The molecule has 0 aliphatic carbocycles. The molecule has 1 saturated heterocycles. The van der Waals surface area contributed by atoms with Crippen LogP contribution >= 0.6 is 11.3 Å². The van der Waals surface area contributed by atoms with E-state index in [1.165, 1.54) is 4.90 Å². The molecule has 0 unspecified atom stereocenters. The molecule has 158 valence electrons. The molecule has 0 spiro atoms. The molecule has 0 saturated carbocycles. The first-order valence-corrected chi connectivity index (χ1v) is 10.4. The number of allylic oxidation sites excluding steroid dienone is 2. The molecule has 1 aromatic heterocycles. The highest BCUT2D eigenvalue weighted by atomic mass is 32.1. The van der Waals surface area contributed by atoms with E-state index in [9.17, 15) is 14.4 Å². The van der Waals surface area contributed by atoms with Gasteiger partial charge in [0.25, 0.3) is 11.8 Å². The highest BCUT2D eigenvalue weighted by molar-refractivity contribution is 7.12. The summed E-state index contributed by atoms with van der Waals surface area (Å²) in [6.45, 7) is 15.1. The van der Waals surface area contributed by atoms with E-state index in [2.05, 4.69) is 11.4 Å². The number of aryl methyl sites for hydroxylation is 2. The van der Waals surface area contributed by atoms with E-state index in [-0.39, 0.29) is 24.9 Å². The fraction of sp³-hybridized carbons (Fsp3) is 0.500. The SMILES string of the molecule is CC(C)=C1C(=O)N(CCNC(=O)OC(C)(C)C)C(=O)/C1=C(\C)c1cc(C)sc1C. The van der Waals surface area contributed by atoms with Crippen molar-refractivity contribution in [1.82, 2.24) is 10.2 Å². The molecule has 3 amide bonds. The third kappa shape index (κ3) is 5.15. The molecule has 0 radical (unpaired) electrons. The van der Waals surface area contributed by atoms with Crippen LogP contribution in [0.2, 0.25) is 0 Å². The number of ether oxygens (including phenoxy) is 1. The third-order valence-electron chi connectivity index (χ3n) is 4.49. The number of thiophene rings is 1. The number of likely N-dealkylation sites (tertiary alicyclic amines) is 1. The lowest BCUT2D eigenvalue weighted by Crippen LogP contribution is -2.40. The molecule has 1 aromatic rings. The Morgan fingerprint density at radius 1 is 1.10 bits per heavy atom. The molecule has 2 heterocycles. The van der Waals surface area contributed by atoms with Crippen molar-refractivity contribution < 1.29 is 19.1 Å². The summed E-state index contributed by atoms with van der Waals surface area (Å²) in [5, 5.41) is 2.60. The van der Waals surface area contributed by atoms with Crippen molar-refractivity contribution in [3.05, 3.63) is 38.1 Å². The lowest BCUT2D eigenvalue weighted by molar-refractivity contribution is -0.136. The normalized spacial score (nSPS) is 16.4. The monoisotopic (exact) mass is 418 g/mol. The molecule has 6 nitrogen and oxygen atoms in total. The van der Waals surface area contributed by atoms with Crippen molar-refractivity contribution in [2.24, 2.45) is 0 Å². The van der Waals surface area contributed by atoms with Crippen molar-refractivity contribution in [1.29, 1.82) is 0 Å². The summed E-state index contributed by atoms with van der Waals surface area (Å²) in [5.41, 5.74) is 2.90. The van der Waals surface area contributed by atoms with E-state index in [0.29, 0.717) is 11.1 Å². The van der Waals surface area contributed by atoms with Crippen LogP contribution in [0.15, 0.2) is 22.8 Å². The molecule has 0 aromatic carbocycles. The van der Waals surface area contributed by atoms with Crippen LogP contribution in [0.25, 0.3) is 5.57 Å². The average molecular weight is 419 g/mol. The highest BCUT2D eigenvalue weighted by Crippen LogP contribution is 2.36. The predicted molar refractivity (Wildman–Crippen MR) is 116 cm³/mol. The van der Waals surface area contributed by atoms with Crippen LogP contribution in [-0.4, -0.2) is 41.5 Å². The lowest BCUT2D eigenvalue weighted by atomic mass is 9.95. The Labute approximate surface area is 176 Å². The van der Waals surface area contributed by atoms with Crippen LogP contribution in [0.1, 0.15) is 56.9 Å². The number of rotatable bonds is 4. The van der Waals surface area contributed by atoms with Crippen molar-refractivity contribution >= 4 is 34.8 Å². The molecule has 7 heteroatoms. The van der Waals surface area contributed by atoms with Crippen LogP contribution < -0.4 is 5.32 Å². The molecule has 1 fully saturated rings. The minimum Gasteiger partial charge on any atom is -0.444 e. The molecule has 1 aliphatic rings. The Morgan fingerprint density at radius 2 is 1.69 bits per heavy atom. The number of hydrogen-bond acceptors (Lipinski definition) is 5. The average Bonchev–Trinajstić information content (AvgIpc) is 3.02. The maximum Gasteiger partial charge on any atom is 0.407 e. The number of imide groups is 1. The fourth-order valence-corrected chi connectivity index (χ4v) is 4.29. The molecule has 29 heavy (non-hydrogen) atoms. The minimum absolute atomic E-state index is 0.0894. The number of carbonyl (C=O) groups is 3. The topological polar surface area (TPSA) is 75.7 Å². The van der Waals surface area contributed by atoms with Crippen molar-refractivity contribution in [3.63, 3.8) is 0 Å². The second-order valence-corrected chi connectivity index (χ2v) is 9.85. The molecular formula is C22H30N2O4S.